The molecule has 0 aliphatic heterocycles. The minimum Gasteiger partial charge on any atom is -0.496 e. The summed E-state index contributed by atoms with van der Waals surface area (Å²) in [4.78, 5) is 17.8. The lowest BCUT2D eigenvalue weighted by atomic mass is 10.1. The second kappa shape index (κ2) is 6.70. The van der Waals surface area contributed by atoms with Crippen LogP contribution in [0.3, 0.4) is 0 Å². The third-order valence-corrected chi connectivity index (χ3v) is 3.16. The summed E-state index contributed by atoms with van der Waals surface area (Å²) >= 11 is 0. The molecule has 1 aromatic carbocycles. The first-order valence-corrected chi connectivity index (χ1v) is 6.49. The van der Waals surface area contributed by atoms with E-state index in [9.17, 15) is 4.79 Å². The normalized spacial score (nSPS) is 10.1. The summed E-state index contributed by atoms with van der Waals surface area (Å²) in [6, 6.07) is 11.4. The van der Waals surface area contributed by atoms with Gasteiger partial charge in [0, 0.05) is 26.0 Å². The first kappa shape index (κ1) is 14.1. The van der Waals surface area contributed by atoms with Crippen molar-refractivity contribution < 1.29 is 9.53 Å². The van der Waals surface area contributed by atoms with Crippen LogP contribution in [-0.4, -0.2) is 36.5 Å². The molecule has 0 unspecified atom stereocenters. The molecule has 0 radical (unpaired) electrons. The summed E-state index contributed by atoms with van der Waals surface area (Å²) in [7, 11) is 3.45. The predicted octanol–water partition coefficient (Wildman–Crippen LogP) is 2.40. The minimum atomic E-state index is -0.0204. The van der Waals surface area contributed by atoms with E-state index < -0.39 is 0 Å². The monoisotopic (exact) mass is 270 g/mol. The molecule has 0 bridgehead atoms. The van der Waals surface area contributed by atoms with Crippen molar-refractivity contribution in [1.29, 1.82) is 0 Å². The number of rotatable bonds is 5. The van der Waals surface area contributed by atoms with Gasteiger partial charge in [0.25, 0.3) is 5.91 Å². The molecule has 4 nitrogen and oxygen atoms in total. The minimum absolute atomic E-state index is 0.0204. The van der Waals surface area contributed by atoms with Crippen molar-refractivity contribution in [3.8, 4) is 5.75 Å². The van der Waals surface area contributed by atoms with Crippen molar-refractivity contribution in [2.45, 2.75) is 6.42 Å². The zero-order valence-corrected chi connectivity index (χ0v) is 11.7. The second-order valence-electron chi connectivity index (χ2n) is 4.53. The molecule has 0 aliphatic rings. The van der Waals surface area contributed by atoms with E-state index in [1.165, 1.54) is 0 Å². The number of para-hydroxylation sites is 1. The molecular formula is C16H18N2O2. The zero-order chi connectivity index (χ0) is 14.4. The van der Waals surface area contributed by atoms with Crippen LogP contribution < -0.4 is 4.74 Å². The number of aromatic nitrogens is 1. The van der Waals surface area contributed by atoms with Gasteiger partial charge in [-0.25, -0.2) is 0 Å². The molecule has 0 saturated heterocycles. The smallest absolute Gasteiger partial charge is 0.255 e. The van der Waals surface area contributed by atoms with E-state index >= 15 is 0 Å². The highest BCUT2D eigenvalue weighted by molar-refractivity contribution is 5.93. The number of pyridine rings is 1. The van der Waals surface area contributed by atoms with E-state index in [4.69, 9.17) is 4.74 Å². The number of likely N-dealkylation sites (N-methyl/N-ethyl adjacent to an activating group) is 1. The number of benzene rings is 1. The quantitative estimate of drug-likeness (QED) is 0.838. The maximum absolute atomic E-state index is 12.2. The van der Waals surface area contributed by atoms with Crippen LogP contribution >= 0.6 is 0 Å². The van der Waals surface area contributed by atoms with E-state index in [0.29, 0.717) is 12.1 Å². The first-order chi connectivity index (χ1) is 9.72. The molecule has 4 heteroatoms. The van der Waals surface area contributed by atoms with Gasteiger partial charge in [-0.3, -0.25) is 9.78 Å². The van der Waals surface area contributed by atoms with Crippen LogP contribution in [0.2, 0.25) is 0 Å². The topological polar surface area (TPSA) is 42.4 Å². The molecular weight excluding hydrogens is 252 g/mol. The van der Waals surface area contributed by atoms with Gasteiger partial charge in [0.1, 0.15) is 5.75 Å². The molecule has 1 heterocycles. The number of carbonyl (C=O) groups is 1. The van der Waals surface area contributed by atoms with Gasteiger partial charge in [0.05, 0.1) is 12.7 Å². The van der Waals surface area contributed by atoms with Crippen LogP contribution in [-0.2, 0) is 6.42 Å². The van der Waals surface area contributed by atoms with Crippen LogP contribution in [0.15, 0.2) is 48.8 Å². The van der Waals surface area contributed by atoms with Crippen LogP contribution in [0, 0.1) is 0 Å². The molecule has 104 valence electrons. The molecule has 20 heavy (non-hydrogen) atoms. The fourth-order valence-corrected chi connectivity index (χ4v) is 2.01. The largest absolute Gasteiger partial charge is 0.496 e. The average molecular weight is 270 g/mol. The predicted molar refractivity (Wildman–Crippen MR) is 77.9 cm³/mol. The van der Waals surface area contributed by atoms with Crippen LogP contribution in [0.5, 0.6) is 5.75 Å². The van der Waals surface area contributed by atoms with Crippen molar-refractivity contribution in [2.24, 2.45) is 0 Å². The lowest BCUT2D eigenvalue weighted by Gasteiger charge is -2.17. The Morgan fingerprint density at radius 3 is 2.75 bits per heavy atom. The summed E-state index contributed by atoms with van der Waals surface area (Å²) in [5.41, 5.74) is 1.70. The third-order valence-electron chi connectivity index (χ3n) is 3.16. The molecule has 1 amide bonds. The Morgan fingerprint density at radius 1 is 1.25 bits per heavy atom. The summed E-state index contributed by atoms with van der Waals surface area (Å²) in [5, 5.41) is 0. The van der Waals surface area contributed by atoms with Crippen LogP contribution in [0.1, 0.15) is 15.9 Å². The molecule has 0 N–H and O–H groups in total. The Hall–Kier alpha value is -2.36. The second-order valence-corrected chi connectivity index (χ2v) is 4.53. The van der Waals surface area contributed by atoms with Crippen LogP contribution in [0.25, 0.3) is 0 Å². The van der Waals surface area contributed by atoms with Gasteiger partial charge in [-0.1, -0.05) is 18.2 Å². The number of carbonyl (C=O) groups excluding carboxylic acids is 1. The van der Waals surface area contributed by atoms with Crippen molar-refractivity contribution in [3.63, 3.8) is 0 Å². The summed E-state index contributed by atoms with van der Waals surface area (Å²) in [6.45, 7) is 0.633. The Morgan fingerprint density at radius 2 is 2.05 bits per heavy atom. The van der Waals surface area contributed by atoms with Gasteiger partial charge < -0.3 is 9.64 Å². The van der Waals surface area contributed by atoms with Crippen molar-refractivity contribution in [2.75, 3.05) is 20.7 Å². The SMILES string of the molecule is COc1ccccc1CCN(C)C(=O)c1cccnc1. The molecule has 2 rings (SSSR count). The molecule has 0 spiro atoms. The molecule has 0 saturated carbocycles. The fourth-order valence-electron chi connectivity index (χ4n) is 2.01. The summed E-state index contributed by atoms with van der Waals surface area (Å²) in [6.07, 6.45) is 4.00. The highest BCUT2D eigenvalue weighted by Gasteiger charge is 2.12. The maximum atomic E-state index is 12.2. The number of methoxy groups -OCH3 is 1. The number of hydrogen-bond donors (Lipinski definition) is 0. The lowest BCUT2D eigenvalue weighted by molar-refractivity contribution is 0.0796. The first-order valence-electron chi connectivity index (χ1n) is 6.49. The van der Waals surface area contributed by atoms with Gasteiger partial charge in [0.15, 0.2) is 0 Å². The number of hydrogen-bond acceptors (Lipinski definition) is 3. The van der Waals surface area contributed by atoms with Gasteiger partial charge in [-0.15, -0.1) is 0 Å². The fraction of sp³-hybridized carbons (Fsp3) is 0.250. The number of ether oxygens (including phenoxy) is 1. The highest BCUT2D eigenvalue weighted by Crippen LogP contribution is 2.18. The molecule has 1 aromatic heterocycles. The average Bonchev–Trinajstić information content (AvgIpc) is 2.53. The van der Waals surface area contributed by atoms with E-state index in [1.807, 2.05) is 24.3 Å². The van der Waals surface area contributed by atoms with E-state index in [1.54, 1.807) is 43.6 Å². The summed E-state index contributed by atoms with van der Waals surface area (Å²) in [5.74, 6) is 0.836. The van der Waals surface area contributed by atoms with Gasteiger partial charge >= 0.3 is 0 Å². The Bertz CT molecular complexity index is 570. The van der Waals surface area contributed by atoms with Crippen LogP contribution in [0.4, 0.5) is 0 Å². The highest BCUT2D eigenvalue weighted by atomic mass is 16.5. The van der Waals surface area contributed by atoms with Gasteiger partial charge in [-0.2, -0.15) is 0 Å². The van der Waals surface area contributed by atoms with E-state index in [0.717, 1.165) is 17.7 Å². The zero-order valence-electron chi connectivity index (χ0n) is 11.7. The molecule has 0 fully saturated rings. The molecule has 0 atom stereocenters. The third kappa shape index (κ3) is 3.35. The lowest BCUT2D eigenvalue weighted by Crippen LogP contribution is -2.28. The molecule has 2 aromatic rings. The molecule has 0 aliphatic carbocycles. The standard InChI is InChI=1S/C16H18N2O2/c1-18(16(19)14-7-5-10-17-12-14)11-9-13-6-3-4-8-15(13)20-2/h3-8,10,12H,9,11H2,1-2H3. The van der Waals surface area contributed by atoms with Crippen molar-refractivity contribution in [1.82, 2.24) is 9.88 Å². The van der Waals surface area contributed by atoms with Crippen molar-refractivity contribution >= 4 is 5.91 Å². The van der Waals surface area contributed by atoms with E-state index in [-0.39, 0.29) is 5.91 Å². The Labute approximate surface area is 119 Å². The Balaban J connectivity index is 1.98. The van der Waals surface area contributed by atoms with E-state index in [2.05, 4.69) is 4.98 Å². The maximum Gasteiger partial charge on any atom is 0.255 e. The van der Waals surface area contributed by atoms with Crippen molar-refractivity contribution in [3.05, 3.63) is 59.9 Å². The summed E-state index contributed by atoms with van der Waals surface area (Å²) < 4.78 is 5.31. The van der Waals surface area contributed by atoms with Gasteiger partial charge in [-0.05, 0) is 30.2 Å². The van der Waals surface area contributed by atoms with Gasteiger partial charge in [0.2, 0.25) is 0 Å². The Kier molecular flexibility index (Phi) is 4.71. The number of amides is 1. The number of nitrogens with zero attached hydrogens (tertiary/aromatic N) is 2.